The highest BCUT2D eigenvalue weighted by Gasteiger charge is 2.41. The van der Waals surface area contributed by atoms with Crippen LogP contribution in [0.4, 0.5) is 0 Å². The molecule has 2 aliphatic rings. The van der Waals surface area contributed by atoms with Crippen molar-refractivity contribution >= 4 is 11.9 Å². The van der Waals surface area contributed by atoms with E-state index in [9.17, 15) is 9.59 Å². The van der Waals surface area contributed by atoms with Gasteiger partial charge in [0.15, 0.2) is 0 Å². The Bertz CT molecular complexity index is 638. The zero-order valence-electron chi connectivity index (χ0n) is 15.9. The van der Waals surface area contributed by atoms with Crippen LogP contribution in [0.3, 0.4) is 0 Å². The quantitative estimate of drug-likeness (QED) is 0.845. The third-order valence-corrected chi connectivity index (χ3v) is 5.05. The Morgan fingerprint density at radius 3 is 2.62 bits per heavy atom. The first-order valence-corrected chi connectivity index (χ1v) is 9.47. The lowest BCUT2D eigenvalue weighted by atomic mass is 9.89. The molecule has 26 heavy (non-hydrogen) atoms. The zero-order chi connectivity index (χ0) is 18.7. The molecule has 2 saturated heterocycles. The number of likely N-dealkylation sites (tertiary alicyclic amines) is 1. The van der Waals surface area contributed by atoms with Gasteiger partial charge in [0.1, 0.15) is 11.6 Å². The first-order valence-electron chi connectivity index (χ1n) is 9.47. The molecule has 1 radical (unpaired) electrons. The molecule has 2 fully saturated rings. The number of hydrogen-bond acceptors (Lipinski definition) is 4. The van der Waals surface area contributed by atoms with E-state index in [2.05, 4.69) is 17.4 Å². The minimum Gasteiger partial charge on any atom is -0.460 e. The molecule has 2 heterocycles. The van der Waals surface area contributed by atoms with Crippen molar-refractivity contribution in [2.24, 2.45) is 5.92 Å². The highest BCUT2D eigenvalue weighted by Crippen LogP contribution is 2.29. The molecular weight excluding hydrogens is 328 g/mol. The number of rotatable bonds is 3. The Morgan fingerprint density at radius 2 is 1.92 bits per heavy atom. The molecule has 1 aromatic carbocycles. The average molecular weight is 357 g/mol. The Labute approximate surface area is 156 Å². The van der Waals surface area contributed by atoms with Crippen molar-refractivity contribution in [2.45, 2.75) is 51.2 Å². The molecule has 3 atom stereocenters. The summed E-state index contributed by atoms with van der Waals surface area (Å²) >= 11 is 0. The number of amides is 1. The van der Waals surface area contributed by atoms with Crippen molar-refractivity contribution in [3.05, 3.63) is 42.3 Å². The monoisotopic (exact) mass is 357 g/mol. The maximum Gasteiger partial charge on any atom is 0.311 e. The molecule has 1 N–H and O–H groups in total. The second kappa shape index (κ2) is 7.78. The van der Waals surface area contributed by atoms with E-state index in [1.54, 1.807) is 0 Å². The van der Waals surface area contributed by atoms with Crippen molar-refractivity contribution in [3.63, 3.8) is 0 Å². The smallest absolute Gasteiger partial charge is 0.311 e. The van der Waals surface area contributed by atoms with Gasteiger partial charge in [-0.15, -0.1) is 0 Å². The van der Waals surface area contributed by atoms with Gasteiger partial charge in [-0.25, -0.2) is 0 Å². The van der Waals surface area contributed by atoms with Crippen LogP contribution < -0.4 is 5.32 Å². The molecule has 0 aliphatic carbocycles. The largest absolute Gasteiger partial charge is 0.460 e. The number of piperidine rings is 1. The second-order valence-electron chi connectivity index (χ2n) is 8.23. The summed E-state index contributed by atoms with van der Waals surface area (Å²) in [6.07, 6.45) is 3.55. The standard InChI is InChI=1S/C21H29N2O3/c1-21(2,3)26-20(25)17-10-7-12-22-18(17)19(24)23-13-11-16(14-23)15-8-5-4-6-9-15/h4-9,16-18,22H,10-14H2,1-3H3/t16?,17-,18-/m0/s1. The minimum absolute atomic E-state index is 0.0207. The number of benzene rings is 1. The summed E-state index contributed by atoms with van der Waals surface area (Å²) in [5.74, 6) is -0.355. The SMILES string of the molecule is CC(C)(C)OC(=O)[C@H]1C[CH]CN[C@@H]1C(=O)N1CCC(c2ccccc2)C1. The van der Waals surface area contributed by atoms with Crippen LogP contribution in [0.2, 0.25) is 0 Å². The predicted molar refractivity (Wildman–Crippen MR) is 100 cm³/mol. The zero-order valence-corrected chi connectivity index (χ0v) is 15.9. The minimum atomic E-state index is -0.547. The number of carbonyl (C=O) groups is 2. The number of nitrogens with zero attached hydrogens (tertiary/aromatic N) is 1. The fraction of sp³-hybridized carbons (Fsp3) is 0.571. The summed E-state index contributed by atoms with van der Waals surface area (Å²) in [6.45, 7) is 7.66. The number of esters is 1. The Morgan fingerprint density at radius 1 is 1.19 bits per heavy atom. The summed E-state index contributed by atoms with van der Waals surface area (Å²) in [5, 5.41) is 3.22. The van der Waals surface area contributed by atoms with E-state index in [0.717, 1.165) is 13.0 Å². The van der Waals surface area contributed by atoms with Gasteiger partial charge in [0.05, 0.1) is 5.92 Å². The molecule has 0 bridgehead atoms. The van der Waals surface area contributed by atoms with E-state index < -0.39 is 17.6 Å². The van der Waals surface area contributed by atoms with Gasteiger partial charge in [0.2, 0.25) is 5.91 Å². The van der Waals surface area contributed by atoms with E-state index in [1.165, 1.54) is 5.56 Å². The van der Waals surface area contributed by atoms with Crippen LogP contribution in [0.1, 0.15) is 45.1 Å². The molecule has 0 saturated carbocycles. The van der Waals surface area contributed by atoms with Crippen molar-refractivity contribution in [1.82, 2.24) is 10.2 Å². The summed E-state index contributed by atoms with van der Waals surface area (Å²) in [6, 6.07) is 9.83. The van der Waals surface area contributed by atoms with Crippen LogP contribution in [0.5, 0.6) is 0 Å². The van der Waals surface area contributed by atoms with Gasteiger partial charge in [0.25, 0.3) is 0 Å². The fourth-order valence-electron chi connectivity index (χ4n) is 3.78. The summed E-state index contributed by atoms with van der Waals surface area (Å²) in [4.78, 5) is 27.6. The van der Waals surface area contributed by atoms with Crippen molar-refractivity contribution < 1.29 is 14.3 Å². The molecule has 0 spiro atoms. The van der Waals surface area contributed by atoms with E-state index in [0.29, 0.717) is 25.4 Å². The van der Waals surface area contributed by atoms with Gasteiger partial charge in [-0.2, -0.15) is 0 Å². The Hall–Kier alpha value is -1.88. The molecule has 0 aromatic heterocycles. The van der Waals surface area contributed by atoms with Crippen LogP contribution in [-0.4, -0.2) is 48.1 Å². The number of ether oxygens (including phenoxy) is 1. The highest BCUT2D eigenvalue weighted by atomic mass is 16.6. The van der Waals surface area contributed by atoms with E-state index in [-0.39, 0.29) is 11.9 Å². The van der Waals surface area contributed by atoms with Crippen LogP contribution in [0.25, 0.3) is 0 Å². The Kier molecular flexibility index (Phi) is 5.66. The lowest BCUT2D eigenvalue weighted by Crippen LogP contribution is -2.55. The highest BCUT2D eigenvalue weighted by molar-refractivity contribution is 5.89. The van der Waals surface area contributed by atoms with Crippen LogP contribution in [-0.2, 0) is 14.3 Å². The maximum atomic E-state index is 13.1. The molecule has 1 unspecified atom stereocenters. The van der Waals surface area contributed by atoms with Gasteiger partial charge in [-0.1, -0.05) is 30.3 Å². The van der Waals surface area contributed by atoms with Crippen LogP contribution >= 0.6 is 0 Å². The Balaban J connectivity index is 1.66. The number of carbonyl (C=O) groups excluding carboxylic acids is 2. The van der Waals surface area contributed by atoms with Gasteiger partial charge in [0, 0.05) is 19.0 Å². The first kappa shape index (κ1) is 18.9. The molecule has 141 valence electrons. The fourth-order valence-corrected chi connectivity index (χ4v) is 3.78. The summed E-state index contributed by atoms with van der Waals surface area (Å²) in [5.41, 5.74) is 0.727. The molecule has 5 heteroatoms. The predicted octanol–water partition coefficient (Wildman–Crippen LogP) is 2.53. The van der Waals surface area contributed by atoms with Crippen molar-refractivity contribution in [3.8, 4) is 0 Å². The third-order valence-electron chi connectivity index (χ3n) is 5.05. The molecule has 2 aliphatic heterocycles. The number of hydrogen-bond donors (Lipinski definition) is 1. The van der Waals surface area contributed by atoms with Gasteiger partial charge in [-0.05, 0) is 52.1 Å². The molecule has 1 aromatic rings. The van der Waals surface area contributed by atoms with E-state index in [1.807, 2.05) is 50.3 Å². The normalized spacial score (nSPS) is 26.6. The lowest BCUT2D eigenvalue weighted by molar-refractivity contribution is -0.164. The lowest BCUT2D eigenvalue weighted by Gasteiger charge is -2.34. The van der Waals surface area contributed by atoms with E-state index in [4.69, 9.17) is 4.74 Å². The topological polar surface area (TPSA) is 58.6 Å². The first-order chi connectivity index (χ1) is 12.3. The molecule has 3 rings (SSSR count). The average Bonchev–Trinajstić information content (AvgIpc) is 3.10. The van der Waals surface area contributed by atoms with Crippen molar-refractivity contribution in [2.75, 3.05) is 19.6 Å². The molecule has 5 nitrogen and oxygen atoms in total. The van der Waals surface area contributed by atoms with Crippen LogP contribution in [0, 0.1) is 12.3 Å². The third kappa shape index (κ3) is 4.44. The second-order valence-corrected chi connectivity index (χ2v) is 8.23. The van der Waals surface area contributed by atoms with Gasteiger partial charge in [-0.3, -0.25) is 9.59 Å². The summed E-state index contributed by atoms with van der Waals surface area (Å²) < 4.78 is 5.54. The van der Waals surface area contributed by atoms with Gasteiger partial charge < -0.3 is 15.0 Å². The summed E-state index contributed by atoms with van der Waals surface area (Å²) in [7, 11) is 0. The maximum absolute atomic E-state index is 13.1. The number of nitrogens with one attached hydrogen (secondary N) is 1. The van der Waals surface area contributed by atoms with Gasteiger partial charge >= 0.3 is 5.97 Å². The van der Waals surface area contributed by atoms with Crippen LogP contribution in [0.15, 0.2) is 30.3 Å². The molecular formula is C21H29N2O3. The van der Waals surface area contributed by atoms with E-state index >= 15 is 0 Å². The van der Waals surface area contributed by atoms with Crippen molar-refractivity contribution in [1.29, 1.82) is 0 Å². The molecule has 1 amide bonds.